The summed E-state index contributed by atoms with van der Waals surface area (Å²) in [4.78, 5) is 4.09. The highest BCUT2D eigenvalue weighted by Crippen LogP contribution is 2.28. The number of aromatic nitrogens is 1. The van der Waals surface area contributed by atoms with E-state index in [0.717, 1.165) is 21.3 Å². The maximum Gasteiger partial charge on any atom is 0.142 e. The molecule has 1 aromatic heterocycles. The fraction of sp³-hybridized carbons (Fsp3) is 0.0769. The van der Waals surface area contributed by atoms with Crippen LogP contribution in [0.1, 0.15) is 11.3 Å². The zero-order chi connectivity index (χ0) is 12.4. The van der Waals surface area contributed by atoms with Crippen molar-refractivity contribution < 1.29 is 0 Å². The van der Waals surface area contributed by atoms with Crippen LogP contribution in [0.2, 0.25) is 0 Å². The first-order valence-corrected chi connectivity index (χ1v) is 5.84. The van der Waals surface area contributed by atoms with Gasteiger partial charge in [-0.3, -0.25) is 0 Å². The van der Waals surface area contributed by atoms with E-state index in [1.165, 1.54) is 0 Å². The molecule has 0 saturated heterocycles. The number of pyridine rings is 1. The van der Waals surface area contributed by atoms with Crippen LogP contribution < -0.4 is 5.73 Å². The first-order valence-electron chi connectivity index (χ1n) is 5.05. The molecule has 0 radical (unpaired) electrons. The maximum absolute atomic E-state index is 9.13. The molecule has 17 heavy (non-hydrogen) atoms. The molecular weight excluding hydrogens is 278 g/mol. The van der Waals surface area contributed by atoms with Gasteiger partial charge in [0.2, 0.25) is 0 Å². The van der Waals surface area contributed by atoms with Gasteiger partial charge < -0.3 is 5.73 Å². The Hall–Kier alpha value is -1.86. The first kappa shape index (κ1) is 11.6. The van der Waals surface area contributed by atoms with E-state index in [0.29, 0.717) is 5.56 Å². The van der Waals surface area contributed by atoms with E-state index < -0.39 is 0 Å². The fourth-order valence-corrected chi connectivity index (χ4v) is 1.94. The van der Waals surface area contributed by atoms with Gasteiger partial charge in [-0.15, -0.1) is 0 Å². The largest absolute Gasteiger partial charge is 0.383 e. The zero-order valence-electron chi connectivity index (χ0n) is 9.24. The molecule has 4 heteroatoms. The molecule has 1 heterocycles. The van der Waals surface area contributed by atoms with Crippen molar-refractivity contribution in [1.29, 1.82) is 5.26 Å². The summed E-state index contributed by atoms with van der Waals surface area (Å²) in [6, 6.07) is 11.7. The van der Waals surface area contributed by atoms with Crippen LogP contribution in [0.25, 0.3) is 11.1 Å². The predicted octanol–water partition coefficient (Wildman–Crippen LogP) is 3.27. The topological polar surface area (TPSA) is 62.7 Å². The highest BCUT2D eigenvalue weighted by molar-refractivity contribution is 9.10. The van der Waals surface area contributed by atoms with Crippen molar-refractivity contribution in [2.75, 3.05) is 5.73 Å². The third kappa shape index (κ3) is 2.29. The molecule has 0 fully saturated rings. The fourth-order valence-electron chi connectivity index (χ4n) is 1.67. The van der Waals surface area contributed by atoms with Gasteiger partial charge in [0.1, 0.15) is 17.5 Å². The minimum Gasteiger partial charge on any atom is -0.383 e. The van der Waals surface area contributed by atoms with E-state index in [9.17, 15) is 0 Å². The Morgan fingerprint density at radius 2 is 1.94 bits per heavy atom. The van der Waals surface area contributed by atoms with Gasteiger partial charge in [-0.2, -0.15) is 5.26 Å². The second-order valence-corrected chi connectivity index (χ2v) is 4.61. The van der Waals surface area contributed by atoms with Gasteiger partial charge in [-0.25, -0.2) is 4.98 Å². The summed E-state index contributed by atoms with van der Waals surface area (Å²) in [6.45, 7) is 1.86. The van der Waals surface area contributed by atoms with E-state index >= 15 is 0 Å². The lowest BCUT2D eigenvalue weighted by Gasteiger charge is -2.07. The zero-order valence-corrected chi connectivity index (χ0v) is 10.8. The van der Waals surface area contributed by atoms with Crippen molar-refractivity contribution in [3.8, 4) is 17.2 Å². The Labute approximate surface area is 108 Å². The molecule has 0 unspecified atom stereocenters. The Morgan fingerprint density at radius 3 is 2.53 bits per heavy atom. The Bertz CT molecular complexity index is 597. The molecule has 0 amide bonds. The van der Waals surface area contributed by atoms with Crippen molar-refractivity contribution in [1.82, 2.24) is 4.98 Å². The van der Waals surface area contributed by atoms with Crippen LogP contribution >= 0.6 is 15.9 Å². The number of nitrogen functional groups attached to an aromatic ring is 1. The van der Waals surface area contributed by atoms with E-state index in [4.69, 9.17) is 11.0 Å². The second-order valence-electron chi connectivity index (χ2n) is 3.69. The molecule has 0 saturated carbocycles. The van der Waals surface area contributed by atoms with Gasteiger partial charge in [0.05, 0.1) is 0 Å². The summed E-state index contributed by atoms with van der Waals surface area (Å²) < 4.78 is 0.999. The molecule has 0 aliphatic heterocycles. The lowest BCUT2D eigenvalue weighted by atomic mass is 10.0. The minimum atomic E-state index is 0.283. The molecule has 0 aliphatic rings. The molecule has 2 aromatic rings. The number of halogens is 1. The van der Waals surface area contributed by atoms with E-state index in [1.807, 2.05) is 37.3 Å². The summed E-state index contributed by atoms with van der Waals surface area (Å²) in [5, 5.41) is 9.13. The van der Waals surface area contributed by atoms with Crippen molar-refractivity contribution in [2.45, 2.75) is 6.92 Å². The van der Waals surface area contributed by atoms with Crippen molar-refractivity contribution in [3.63, 3.8) is 0 Å². The van der Waals surface area contributed by atoms with Crippen LogP contribution in [-0.4, -0.2) is 4.98 Å². The lowest BCUT2D eigenvalue weighted by molar-refractivity contribution is 1.20. The van der Waals surface area contributed by atoms with Gasteiger partial charge in [0.15, 0.2) is 0 Å². The van der Waals surface area contributed by atoms with E-state index in [1.54, 1.807) is 0 Å². The smallest absolute Gasteiger partial charge is 0.142 e. The monoisotopic (exact) mass is 287 g/mol. The molecule has 1 aromatic carbocycles. The average Bonchev–Trinajstić information content (AvgIpc) is 2.29. The number of benzene rings is 1. The molecule has 0 bridgehead atoms. The average molecular weight is 288 g/mol. The number of anilines is 1. The van der Waals surface area contributed by atoms with Gasteiger partial charge >= 0.3 is 0 Å². The van der Waals surface area contributed by atoms with E-state index in [2.05, 4.69) is 27.0 Å². The number of nitrogens with zero attached hydrogens (tertiary/aromatic N) is 2. The number of hydrogen-bond acceptors (Lipinski definition) is 3. The molecule has 3 nitrogen and oxygen atoms in total. The predicted molar refractivity (Wildman–Crippen MR) is 71.2 cm³/mol. The van der Waals surface area contributed by atoms with Gasteiger partial charge in [0.25, 0.3) is 0 Å². The summed E-state index contributed by atoms with van der Waals surface area (Å²) in [7, 11) is 0. The van der Waals surface area contributed by atoms with Crippen LogP contribution in [0.3, 0.4) is 0 Å². The molecule has 2 rings (SSSR count). The minimum absolute atomic E-state index is 0.283. The third-order valence-electron chi connectivity index (χ3n) is 2.44. The van der Waals surface area contributed by atoms with Gasteiger partial charge in [-0.1, -0.05) is 28.1 Å². The third-order valence-corrected chi connectivity index (χ3v) is 2.97. The van der Waals surface area contributed by atoms with Gasteiger partial charge in [-0.05, 0) is 30.7 Å². The van der Waals surface area contributed by atoms with Crippen LogP contribution in [0, 0.1) is 18.3 Å². The number of nitrogens with two attached hydrogens (primary N) is 1. The quantitative estimate of drug-likeness (QED) is 0.876. The maximum atomic E-state index is 9.13. The summed E-state index contributed by atoms with van der Waals surface area (Å²) in [6.07, 6.45) is 0. The van der Waals surface area contributed by atoms with Crippen LogP contribution in [-0.2, 0) is 0 Å². The summed E-state index contributed by atoms with van der Waals surface area (Å²) >= 11 is 3.38. The molecule has 2 N–H and O–H groups in total. The number of rotatable bonds is 1. The van der Waals surface area contributed by atoms with Gasteiger partial charge in [0, 0.05) is 15.7 Å². The molecule has 0 atom stereocenters. The molecule has 0 aliphatic carbocycles. The van der Waals surface area contributed by atoms with E-state index in [-0.39, 0.29) is 5.82 Å². The van der Waals surface area contributed by atoms with Crippen LogP contribution in [0.4, 0.5) is 5.82 Å². The highest BCUT2D eigenvalue weighted by atomic mass is 79.9. The van der Waals surface area contributed by atoms with Crippen molar-refractivity contribution >= 4 is 21.7 Å². The lowest BCUT2D eigenvalue weighted by Crippen LogP contribution is -1.99. The standard InChI is InChI=1S/C13H10BrN3/c1-8-6-11(12(7-15)13(16)17-8)9-2-4-10(14)5-3-9/h2-6H,1H3,(H2,16,17). The summed E-state index contributed by atoms with van der Waals surface area (Å²) in [5.74, 6) is 0.283. The first-order chi connectivity index (χ1) is 8.11. The summed E-state index contributed by atoms with van der Waals surface area (Å²) in [5.41, 5.74) is 8.77. The highest BCUT2D eigenvalue weighted by Gasteiger charge is 2.10. The van der Waals surface area contributed by atoms with Crippen molar-refractivity contribution in [2.24, 2.45) is 0 Å². The van der Waals surface area contributed by atoms with Crippen LogP contribution in [0.15, 0.2) is 34.8 Å². The molecule has 84 valence electrons. The number of nitriles is 1. The number of hydrogen-bond donors (Lipinski definition) is 1. The Morgan fingerprint density at radius 1 is 1.29 bits per heavy atom. The Kier molecular flexibility index (Phi) is 3.12. The van der Waals surface area contributed by atoms with Crippen molar-refractivity contribution in [3.05, 3.63) is 46.1 Å². The Balaban J connectivity index is 2.66. The van der Waals surface area contributed by atoms with Crippen LogP contribution in [0.5, 0.6) is 0 Å². The SMILES string of the molecule is Cc1cc(-c2ccc(Br)cc2)c(C#N)c(N)n1. The number of aryl methyl sites for hydroxylation is 1. The molecular formula is C13H10BrN3. The second kappa shape index (κ2) is 4.56. The normalized spacial score (nSPS) is 9.94. The molecule has 0 spiro atoms.